The van der Waals surface area contributed by atoms with E-state index in [1.165, 1.54) is 10.9 Å². The highest BCUT2D eigenvalue weighted by atomic mass is 14.8. The molecule has 0 radical (unpaired) electrons. The van der Waals surface area contributed by atoms with Crippen LogP contribution in [0.1, 0.15) is 51.7 Å². The van der Waals surface area contributed by atoms with Crippen LogP contribution in [-0.2, 0) is 5.41 Å². The zero-order chi connectivity index (χ0) is 13.5. The van der Waals surface area contributed by atoms with Gasteiger partial charge in [-0.3, -0.25) is 0 Å². The summed E-state index contributed by atoms with van der Waals surface area (Å²) >= 11 is 0. The van der Waals surface area contributed by atoms with Gasteiger partial charge in [0, 0.05) is 10.9 Å². The van der Waals surface area contributed by atoms with Gasteiger partial charge in [0.25, 0.3) is 0 Å². The average molecular weight is 242 g/mol. The number of hydrogen-bond donors (Lipinski definition) is 1. The SMILES string of the molecule is CC(C)c1ccc2nc(N)c(C(C)(C)C)cc2c1. The fraction of sp³-hybridized carbons (Fsp3) is 0.438. The van der Waals surface area contributed by atoms with Crippen LogP contribution in [-0.4, -0.2) is 4.98 Å². The molecular formula is C16H22N2. The summed E-state index contributed by atoms with van der Waals surface area (Å²) < 4.78 is 0. The number of benzene rings is 1. The molecule has 0 saturated heterocycles. The Morgan fingerprint density at radius 3 is 2.33 bits per heavy atom. The van der Waals surface area contributed by atoms with Gasteiger partial charge in [-0.15, -0.1) is 0 Å². The number of pyridine rings is 1. The van der Waals surface area contributed by atoms with Crippen LogP contribution in [0.25, 0.3) is 10.9 Å². The topological polar surface area (TPSA) is 38.9 Å². The van der Waals surface area contributed by atoms with E-state index in [1.807, 2.05) is 0 Å². The zero-order valence-corrected chi connectivity index (χ0v) is 11.9. The molecule has 0 aliphatic heterocycles. The lowest BCUT2D eigenvalue weighted by Gasteiger charge is -2.21. The van der Waals surface area contributed by atoms with E-state index in [0.717, 1.165) is 11.1 Å². The van der Waals surface area contributed by atoms with E-state index in [4.69, 9.17) is 5.73 Å². The second kappa shape index (κ2) is 4.27. The normalized spacial score (nSPS) is 12.3. The van der Waals surface area contributed by atoms with E-state index in [-0.39, 0.29) is 5.41 Å². The Labute approximate surface area is 109 Å². The van der Waals surface area contributed by atoms with Crippen LogP contribution in [0, 0.1) is 0 Å². The molecule has 2 nitrogen and oxygen atoms in total. The molecule has 0 atom stereocenters. The molecule has 0 saturated carbocycles. The first kappa shape index (κ1) is 12.9. The van der Waals surface area contributed by atoms with Crippen molar-refractivity contribution in [1.29, 1.82) is 0 Å². The monoisotopic (exact) mass is 242 g/mol. The largest absolute Gasteiger partial charge is 0.383 e. The first-order valence-electron chi connectivity index (χ1n) is 6.49. The quantitative estimate of drug-likeness (QED) is 0.812. The van der Waals surface area contributed by atoms with E-state index < -0.39 is 0 Å². The van der Waals surface area contributed by atoms with Gasteiger partial charge in [-0.1, -0.05) is 40.7 Å². The molecule has 1 aromatic heterocycles. The van der Waals surface area contributed by atoms with Crippen molar-refractivity contribution in [2.24, 2.45) is 0 Å². The maximum Gasteiger partial charge on any atom is 0.127 e. The molecule has 0 aliphatic rings. The number of hydrogen-bond acceptors (Lipinski definition) is 2. The summed E-state index contributed by atoms with van der Waals surface area (Å²) in [7, 11) is 0. The van der Waals surface area contributed by atoms with E-state index >= 15 is 0 Å². The molecule has 0 spiro atoms. The predicted octanol–water partition coefficient (Wildman–Crippen LogP) is 4.24. The van der Waals surface area contributed by atoms with Crippen LogP contribution in [0.3, 0.4) is 0 Å². The standard InChI is InChI=1S/C16H22N2/c1-10(2)11-6-7-14-12(8-11)9-13(15(17)18-14)16(3,4)5/h6-10H,1-5H3,(H2,17,18). The Hall–Kier alpha value is -1.57. The molecule has 1 heterocycles. The highest BCUT2D eigenvalue weighted by molar-refractivity contribution is 5.82. The lowest BCUT2D eigenvalue weighted by molar-refractivity contribution is 0.591. The van der Waals surface area contributed by atoms with E-state index in [1.54, 1.807) is 0 Å². The molecule has 2 N–H and O–H groups in total. The molecule has 0 unspecified atom stereocenters. The highest BCUT2D eigenvalue weighted by Gasteiger charge is 2.18. The molecule has 1 aromatic carbocycles. The maximum absolute atomic E-state index is 6.06. The van der Waals surface area contributed by atoms with Crippen molar-refractivity contribution in [3.63, 3.8) is 0 Å². The molecule has 0 fully saturated rings. The van der Waals surface area contributed by atoms with Crippen molar-refractivity contribution < 1.29 is 0 Å². The van der Waals surface area contributed by atoms with Crippen LogP contribution < -0.4 is 5.73 Å². The van der Waals surface area contributed by atoms with Gasteiger partial charge in [0.15, 0.2) is 0 Å². The Kier molecular flexibility index (Phi) is 3.05. The Bertz CT molecular complexity index is 577. The van der Waals surface area contributed by atoms with Crippen LogP contribution in [0.2, 0.25) is 0 Å². The number of aromatic nitrogens is 1. The van der Waals surface area contributed by atoms with Gasteiger partial charge in [-0.25, -0.2) is 4.98 Å². The first-order valence-corrected chi connectivity index (χ1v) is 6.49. The molecule has 2 heteroatoms. The molecule has 18 heavy (non-hydrogen) atoms. The van der Waals surface area contributed by atoms with Crippen molar-refractivity contribution in [3.8, 4) is 0 Å². The van der Waals surface area contributed by atoms with Gasteiger partial charge in [0.1, 0.15) is 5.82 Å². The second-order valence-corrected chi connectivity index (χ2v) is 6.28. The summed E-state index contributed by atoms with van der Waals surface area (Å²) in [5.74, 6) is 1.18. The van der Waals surface area contributed by atoms with Crippen molar-refractivity contribution >= 4 is 16.7 Å². The second-order valence-electron chi connectivity index (χ2n) is 6.28. The molecular weight excluding hydrogens is 220 g/mol. The van der Waals surface area contributed by atoms with E-state index in [9.17, 15) is 0 Å². The number of rotatable bonds is 1. The minimum absolute atomic E-state index is 0.0269. The van der Waals surface area contributed by atoms with Gasteiger partial charge >= 0.3 is 0 Å². The minimum atomic E-state index is 0.0269. The van der Waals surface area contributed by atoms with Gasteiger partial charge in [0.2, 0.25) is 0 Å². The number of nitrogen functional groups attached to an aromatic ring is 1. The average Bonchev–Trinajstić information content (AvgIpc) is 2.25. The fourth-order valence-electron chi connectivity index (χ4n) is 2.17. The summed E-state index contributed by atoms with van der Waals surface area (Å²) in [6.07, 6.45) is 0. The Balaban J connectivity index is 2.67. The van der Waals surface area contributed by atoms with Gasteiger partial charge in [-0.05, 0) is 35.1 Å². The maximum atomic E-state index is 6.06. The minimum Gasteiger partial charge on any atom is -0.383 e. The van der Waals surface area contributed by atoms with Crippen LogP contribution >= 0.6 is 0 Å². The third-order valence-corrected chi connectivity index (χ3v) is 3.34. The predicted molar refractivity (Wildman–Crippen MR) is 78.9 cm³/mol. The van der Waals surface area contributed by atoms with Crippen LogP contribution in [0.4, 0.5) is 5.82 Å². The van der Waals surface area contributed by atoms with Crippen LogP contribution in [0.15, 0.2) is 24.3 Å². The number of nitrogens with zero attached hydrogens (tertiary/aromatic N) is 1. The lowest BCUT2D eigenvalue weighted by Crippen LogP contribution is -2.15. The number of anilines is 1. The summed E-state index contributed by atoms with van der Waals surface area (Å²) in [6, 6.07) is 8.61. The zero-order valence-electron chi connectivity index (χ0n) is 11.9. The third kappa shape index (κ3) is 2.33. The van der Waals surface area contributed by atoms with E-state index in [2.05, 4.69) is 63.9 Å². The van der Waals surface area contributed by atoms with Crippen molar-refractivity contribution in [2.45, 2.75) is 46.0 Å². The van der Waals surface area contributed by atoms with Crippen molar-refractivity contribution in [3.05, 3.63) is 35.4 Å². The summed E-state index contributed by atoms with van der Waals surface area (Å²) in [6.45, 7) is 10.9. The first-order chi connectivity index (χ1) is 8.29. The molecule has 2 rings (SSSR count). The van der Waals surface area contributed by atoms with Gasteiger partial charge < -0.3 is 5.73 Å². The van der Waals surface area contributed by atoms with Crippen molar-refractivity contribution in [2.75, 3.05) is 5.73 Å². The molecule has 0 amide bonds. The van der Waals surface area contributed by atoms with E-state index in [0.29, 0.717) is 11.7 Å². The Morgan fingerprint density at radius 1 is 1.11 bits per heavy atom. The fourth-order valence-corrected chi connectivity index (χ4v) is 2.17. The molecule has 2 aromatic rings. The Morgan fingerprint density at radius 2 is 1.78 bits per heavy atom. The summed E-state index contributed by atoms with van der Waals surface area (Å²) in [4.78, 5) is 4.52. The lowest BCUT2D eigenvalue weighted by atomic mass is 9.86. The molecule has 96 valence electrons. The third-order valence-electron chi connectivity index (χ3n) is 3.34. The van der Waals surface area contributed by atoms with Gasteiger partial charge in [0.05, 0.1) is 5.52 Å². The van der Waals surface area contributed by atoms with Crippen LogP contribution in [0.5, 0.6) is 0 Å². The molecule has 0 bridgehead atoms. The number of nitrogens with two attached hydrogens (primary N) is 1. The summed E-state index contributed by atoms with van der Waals surface area (Å²) in [5.41, 5.74) is 9.53. The van der Waals surface area contributed by atoms with Gasteiger partial charge in [-0.2, -0.15) is 0 Å². The summed E-state index contributed by atoms with van der Waals surface area (Å²) in [5, 5.41) is 1.18. The highest BCUT2D eigenvalue weighted by Crippen LogP contribution is 2.30. The van der Waals surface area contributed by atoms with Crippen molar-refractivity contribution in [1.82, 2.24) is 4.98 Å². The molecule has 0 aliphatic carbocycles. The number of fused-ring (bicyclic) bond motifs is 1. The smallest absolute Gasteiger partial charge is 0.127 e.